The van der Waals surface area contributed by atoms with Crippen molar-refractivity contribution >= 4 is 12.1 Å². The molecular formula is C16H19N3O4. The average Bonchev–Trinajstić information content (AvgIpc) is 2.91. The summed E-state index contributed by atoms with van der Waals surface area (Å²) in [7, 11) is 0. The van der Waals surface area contributed by atoms with E-state index in [9.17, 15) is 14.7 Å². The van der Waals surface area contributed by atoms with Crippen LogP contribution in [-0.4, -0.2) is 32.5 Å². The zero-order valence-electron chi connectivity index (χ0n) is 13.0. The van der Waals surface area contributed by atoms with Gasteiger partial charge in [0.25, 0.3) is 0 Å². The predicted molar refractivity (Wildman–Crippen MR) is 82.8 cm³/mol. The van der Waals surface area contributed by atoms with Crippen molar-refractivity contribution in [3.63, 3.8) is 0 Å². The smallest absolute Gasteiger partial charge is 0.408 e. The lowest BCUT2D eigenvalue weighted by Crippen LogP contribution is -2.55. The molecule has 2 rings (SSSR count). The first-order chi connectivity index (χ1) is 10.9. The number of hydrogen-bond acceptors (Lipinski definition) is 4. The molecule has 2 aromatic rings. The van der Waals surface area contributed by atoms with Crippen molar-refractivity contribution in [2.24, 2.45) is 0 Å². The van der Waals surface area contributed by atoms with Gasteiger partial charge in [-0.2, -0.15) is 5.10 Å². The largest absolute Gasteiger partial charge is 0.479 e. The summed E-state index contributed by atoms with van der Waals surface area (Å²) in [5, 5.41) is 15.9. The summed E-state index contributed by atoms with van der Waals surface area (Å²) >= 11 is 0. The van der Waals surface area contributed by atoms with Crippen LogP contribution in [0.2, 0.25) is 0 Å². The van der Waals surface area contributed by atoms with Gasteiger partial charge >= 0.3 is 12.1 Å². The molecule has 7 nitrogen and oxygen atoms in total. The first kappa shape index (κ1) is 16.5. The predicted octanol–water partition coefficient (Wildman–Crippen LogP) is 1.96. The third kappa shape index (κ3) is 4.32. The first-order valence-electron chi connectivity index (χ1n) is 7.11. The van der Waals surface area contributed by atoms with E-state index in [4.69, 9.17) is 4.74 Å². The number of amides is 1. The van der Waals surface area contributed by atoms with E-state index in [2.05, 4.69) is 10.4 Å². The van der Waals surface area contributed by atoms with Gasteiger partial charge in [-0.1, -0.05) is 30.3 Å². The number of alkyl carbamates (subject to hydrolysis) is 1. The van der Waals surface area contributed by atoms with Crippen LogP contribution in [0.1, 0.15) is 18.2 Å². The second-order valence-corrected chi connectivity index (χ2v) is 5.45. The maximum Gasteiger partial charge on any atom is 0.408 e. The Labute approximate surface area is 133 Å². The number of aromatic nitrogens is 2. The number of carboxylic acid groups (broad SMARTS) is 1. The van der Waals surface area contributed by atoms with Crippen molar-refractivity contribution in [3.05, 3.63) is 53.9 Å². The molecule has 1 atom stereocenters. The maximum absolute atomic E-state index is 11.9. The number of benzene rings is 1. The van der Waals surface area contributed by atoms with E-state index in [0.717, 1.165) is 11.3 Å². The van der Waals surface area contributed by atoms with E-state index in [0.29, 0.717) is 0 Å². The number of aliphatic carboxylic acids is 1. The van der Waals surface area contributed by atoms with E-state index in [1.54, 1.807) is 12.3 Å². The van der Waals surface area contributed by atoms with Crippen molar-refractivity contribution in [1.29, 1.82) is 0 Å². The summed E-state index contributed by atoms with van der Waals surface area (Å²) in [4.78, 5) is 23.5. The summed E-state index contributed by atoms with van der Waals surface area (Å²) in [6.07, 6.45) is 0.786. The van der Waals surface area contributed by atoms with Crippen LogP contribution in [0, 0.1) is 6.92 Å². The Morgan fingerprint density at radius 2 is 2.00 bits per heavy atom. The number of carbonyl (C=O) groups excluding carboxylic acids is 1. The molecule has 23 heavy (non-hydrogen) atoms. The van der Waals surface area contributed by atoms with Gasteiger partial charge in [0.05, 0.1) is 6.54 Å². The van der Waals surface area contributed by atoms with Gasteiger partial charge < -0.3 is 15.2 Å². The Kier molecular flexibility index (Phi) is 5.00. The van der Waals surface area contributed by atoms with Gasteiger partial charge in [0.15, 0.2) is 5.54 Å². The molecule has 1 unspecified atom stereocenters. The lowest BCUT2D eigenvalue weighted by atomic mass is 10.0. The van der Waals surface area contributed by atoms with Crippen molar-refractivity contribution in [2.75, 3.05) is 0 Å². The number of aryl methyl sites for hydroxylation is 1. The van der Waals surface area contributed by atoms with Crippen molar-refractivity contribution in [3.8, 4) is 0 Å². The van der Waals surface area contributed by atoms with Gasteiger partial charge in [0.1, 0.15) is 6.61 Å². The number of carbonyl (C=O) groups is 2. The fourth-order valence-corrected chi connectivity index (χ4v) is 2.01. The van der Waals surface area contributed by atoms with Crippen LogP contribution in [0.5, 0.6) is 0 Å². The lowest BCUT2D eigenvalue weighted by molar-refractivity contribution is -0.144. The standard InChI is InChI=1S/C16H19N3O4/c1-12-8-9-17-19(12)11-16(2,14(20)21)18-15(22)23-10-13-6-4-3-5-7-13/h3-9H,10-11H2,1-2H3,(H,18,22)(H,20,21). The minimum Gasteiger partial charge on any atom is -0.479 e. The van der Waals surface area contributed by atoms with E-state index in [1.807, 2.05) is 37.3 Å². The van der Waals surface area contributed by atoms with Gasteiger partial charge in [-0.05, 0) is 25.5 Å². The summed E-state index contributed by atoms with van der Waals surface area (Å²) in [6.45, 7) is 3.30. The fraction of sp³-hybridized carbons (Fsp3) is 0.312. The Hall–Kier alpha value is -2.83. The summed E-state index contributed by atoms with van der Waals surface area (Å²) in [6, 6.07) is 10.9. The monoisotopic (exact) mass is 317 g/mol. The zero-order valence-corrected chi connectivity index (χ0v) is 13.0. The molecule has 0 saturated heterocycles. The minimum absolute atomic E-state index is 0.00159. The second kappa shape index (κ2) is 6.95. The van der Waals surface area contributed by atoms with Gasteiger partial charge in [-0.3, -0.25) is 4.68 Å². The van der Waals surface area contributed by atoms with Crippen LogP contribution >= 0.6 is 0 Å². The molecule has 0 saturated carbocycles. The molecular weight excluding hydrogens is 298 g/mol. The van der Waals surface area contributed by atoms with Gasteiger partial charge in [-0.15, -0.1) is 0 Å². The van der Waals surface area contributed by atoms with Crippen LogP contribution in [0.4, 0.5) is 4.79 Å². The highest BCUT2D eigenvalue weighted by molar-refractivity contribution is 5.83. The van der Waals surface area contributed by atoms with E-state index >= 15 is 0 Å². The third-order valence-electron chi connectivity index (χ3n) is 3.46. The van der Waals surface area contributed by atoms with Crippen LogP contribution in [-0.2, 0) is 22.7 Å². The summed E-state index contributed by atoms with van der Waals surface area (Å²) in [5.41, 5.74) is 0.101. The number of carboxylic acids is 1. The van der Waals surface area contributed by atoms with Crippen LogP contribution in [0.3, 0.4) is 0 Å². The number of nitrogens with zero attached hydrogens (tertiary/aromatic N) is 2. The van der Waals surface area contributed by atoms with Crippen molar-refractivity contribution < 1.29 is 19.4 Å². The molecule has 2 N–H and O–H groups in total. The molecule has 0 aliphatic heterocycles. The van der Waals surface area contributed by atoms with Crippen molar-refractivity contribution in [2.45, 2.75) is 32.5 Å². The van der Waals surface area contributed by atoms with Crippen LogP contribution in [0.15, 0.2) is 42.6 Å². The highest BCUT2D eigenvalue weighted by atomic mass is 16.5. The molecule has 0 aliphatic carbocycles. The van der Waals surface area contributed by atoms with Gasteiger partial charge in [0.2, 0.25) is 0 Å². The molecule has 1 aromatic carbocycles. The van der Waals surface area contributed by atoms with Crippen molar-refractivity contribution in [1.82, 2.24) is 15.1 Å². The highest BCUT2D eigenvalue weighted by Gasteiger charge is 2.36. The van der Waals surface area contributed by atoms with Gasteiger partial charge in [0, 0.05) is 11.9 Å². The molecule has 0 fully saturated rings. The number of hydrogen-bond donors (Lipinski definition) is 2. The number of ether oxygens (including phenoxy) is 1. The Morgan fingerprint density at radius 1 is 1.30 bits per heavy atom. The minimum atomic E-state index is -1.52. The molecule has 7 heteroatoms. The Morgan fingerprint density at radius 3 is 2.57 bits per heavy atom. The molecule has 1 heterocycles. The molecule has 1 amide bonds. The summed E-state index contributed by atoms with van der Waals surface area (Å²) < 4.78 is 6.60. The van der Waals surface area contributed by atoms with E-state index < -0.39 is 17.6 Å². The van der Waals surface area contributed by atoms with Crippen LogP contribution in [0.25, 0.3) is 0 Å². The number of nitrogens with one attached hydrogen (secondary N) is 1. The average molecular weight is 317 g/mol. The third-order valence-corrected chi connectivity index (χ3v) is 3.46. The van der Waals surface area contributed by atoms with E-state index in [-0.39, 0.29) is 13.2 Å². The normalized spacial score (nSPS) is 13.1. The quantitative estimate of drug-likeness (QED) is 0.849. The highest BCUT2D eigenvalue weighted by Crippen LogP contribution is 2.11. The summed E-state index contributed by atoms with van der Waals surface area (Å²) in [5.74, 6) is -1.16. The van der Waals surface area contributed by atoms with Gasteiger partial charge in [-0.25, -0.2) is 9.59 Å². The second-order valence-electron chi connectivity index (χ2n) is 5.45. The zero-order chi connectivity index (χ0) is 16.9. The Balaban J connectivity index is 1.99. The SMILES string of the molecule is Cc1ccnn1CC(C)(NC(=O)OCc1ccccc1)C(=O)O. The molecule has 0 aliphatic rings. The lowest BCUT2D eigenvalue weighted by Gasteiger charge is -2.26. The molecule has 122 valence electrons. The fourth-order valence-electron chi connectivity index (χ4n) is 2.01. The van der Waals surface area contributed by atoms with E-state index in [1.165, 1.54) is 11.6 Å². The molecule has 0 radical (unpaired) electrons. The maximum atomic E-state index is 11.9. The molecule has 1 aromatic heterocycles. The van der Waals surface area contributed by atoms with Crippen LogP contribution < -0.4 is 5.32 Å². The molecule has 0 spiro atoms. The first-order valence-corrected chi connectivity index (χ1v) is 7.11. The number of rotatable bonds is 6. The Bertz CT molecular complexity index is 684. The topological polar surface area (TPSA) is 93.5 Å². The molecule has 0 bridgehead atoms.